The van der Waals surface area contributed by atoms with Gasteiger partial charge in [-0.25, -0.2) is 0 Å². The van der Waals surface area contributed by atoms with Gasteiger partial charge < -0.3 is 14.6 Å². The Morgan fingerprint density at radius 1 is 1.03 bits per heavy atom. The minimum atomic E-state index is -0.176. The Kier molecular flexibility index (Phi) is 6.28. The number of aryl methyl sites for hydroxylation is 1. The smallest absolute Gasteiger partial charge is 0.174 e. The summed E-state index contributed by atoms with van der Waals surface area (Å²) >= 11 is 9.52. The molecule has 0 aliphatic carbocycles. The maximum absolute atomic E-state index is 6.49. The molecule has 2 aromatic heterocycles. The summed E-state index contributed by atoms with van der Waals surface area (Å²) < 4.78 is 7.50. The van der Waals surface area contributed by atoms with Crippen molar-refractivity contribution in [2.75, 3.05) is 4.90 Å². The van der Waals surface area contributed by atoms with Gasteiger partial charge in [0.15, 0.2) is 5.11 Å². The first-order chi connectivity index (χ1) is 16.4. The molecule has 0 radical (unpaired) electrons. The number of hydrogen-bond acceptors (Lipinski definition) is 3. The SMILES string of the molecule is Cc1ccc(-c2ccc([C@@H]3[C@@H](c4ccccn4)NC(=S)N3c3ccc(C(C)C)cc3)o2)c(Br)c1. The highest BCUT2D eigenvalue weighted by Crippen LogP contribution is 2.43. The first-order valence-corrected chi connectivity index (χ1v) is 12.6. The molecular formula is C28H26BrN3OS. The highest BCUT2D eigenvalue weighted by molar-refractivity contribution is 9.10. The van der Waals surface area contributed by atoms with Crippen LogP contribution >= 0.6 is 28.1 Å². The van der Waals surface area contributed by atoms with E-state index in [1.807, 2.05) is 36.5 Å². The molecular weight excluding hydrogens is 506 g/mol. The minimum absolute atomic E-state index is 0.140. The van der Waals surface area contributed by atoms with Gasteiger partial charge in [0.1, 0.15) is 17.6 Å². The van der Waals surface area contributed by atoms with Gasteiger partial charge in [-0.05, 0) is 84.7 Å². The molecule has 0 amide bonds. The van der Waals surface area contributed by atoms with Crippen LogP contribution in [0, 0.1) is 6.92 Å². The third-order valence-corrected chi connectivity index (χ3v) is 7.21. The highest BCUT2D eigenvalue weighted by atomic mass is 79.9. The zero-order valence-electron chi connectivity index (χ0n) is 19.3. The van der Waals surface area contributed by atoms with E-state index >= 15 is 0 Å². The summed E-state index contributed by atoms with van der Waals surface area (Å²) in [5, 5.41) is 4.16. The predicted molar refractivity (Wildman–Crippen MR) is 145 cm³/mol. The molecule has 3 heterocycles. The van der Waals surface area contributed by atoms with Crippen LogP contribution < -0.4 is 10.2 Å². The minimum Gasteiger partial charge on any atom is -0.459 e. The van der Waals surface area contributed by atoms with Gasteiger partial charge in [0.2, 0.25) is 0 Å². The second-order valence-electron chi connectivity index (χ2n) is 8.93. The van der Waals surface area contributed by atoms with Crippen molar-refractivity contribution in [2.24, 2.45) is 0 Å². The molecule has 0 unspecified atom stereocenters. The molecule has 34 heavy (non-hydrogen) atoms. The average Bonchev–Trinajstić information content (AvgIpc) is 3.44. The van der Waals surface area contributed by atoms with E-state index in [1.165, 1.54) is 11.1 Å². The molecule has 5 rings (SSSR count). The van der Waals surface area contributed by atoms with Gasteiger partial charge in [-0.3, -0.25) is 4.98 Å². The Morgan fingerprint density at radius 2 is 1.82 bits per heavy atom. The van der Waals surface area contributed by atoms with Gasteiger partial charge in [0.05, 0.1) is 11.7 Å². The van der Waals surface area contributed by atoms with Crippen LogP contribution in [0.3, 0.4) is 0 Å². The van der Waals surface area contributed by atoms with E-state index in [0.29, 0.717) is 11.0 Å². The van der Waals surface area contributed by atoms with Gasteiger partial charge in [0, 0.05) is 21.9 Å². The van der Waals surface area contributed by atoms with Crippen molar-refractivity contribution in [2.45, 2.75) is 38.8 Å². The number of aromatic nitrogens is 1. The lowest BCUT2D eigenvalue weighted by Crippen LogP contribution is -2.29. The van der Waals surface area contributed by atoms with E-state index in [2.05, 4.69) is 94.4 Å². The van der Waals surface area contributed by atoms with Crippen LogP contribution in [-0.4, -0.2) is 10.1 Å². The molecule has 2 aromatic carbocycles. The van der Waals surface area contributed by atoms with Crippen LogP contribution in [0.1, 0.15) is 54.4 Å². The Hall–Kier alpha value is -2.96. The van der Waals surface area contributed by atoms with Crippen molar-refractivity contribution in [1.29, 1.82) is 0 Å². The van der Waals surface area contributed by atoms with E-state index in [1.54, 1.807) is 0 Å². The van der Waals surface area contributed by atoms with E-state index in [0.717, 1.165) is 32.9 Å². The molecule has 1 aliphatic rings. The molecule has 1 saturated heterocycles. The number of benzene rings is 2. The summed E-state index contributed by atoms with van der Waals surface area (Å²) in [7, 11) is 0. The second-order valence-corrected chi connectivity index (χ2v) is 10.2. The topological polar surface area (TPSA) is 41.3 Å². The second kappa shape index (κ2) is 9.35. The van der Waals surface area contributed by atoms with Crippen molar-refractivity contribution >= 4 is 38.9 Å². The Morgan fingerprint density at radius 3 is 2.50 bits per heavy atom. The van der Waals surface area contributed by atoms with E-state index in [9.17, 15) is 0 Å². The van der Waals surface area contributed by atoms with Crippen LogP contribution in [0.4, 0.5) is 5.69 Å². The van der Waals surface area contributed by atoms with Crippen LogP contribution in [0.25, 0.3) is 11.3 Å². The summed E-state index contributed by atoms with van der Waals surface area (Å²) in [4.78, 5) is 6.77. The first-order valence-electron chi connectivity index (χ1n) is 11.4. The van der Waals surface area contributed by atoms with Crippen LogP contribution in [0.5, 0.6) is 0 Å². The monoisotopic (exact) mass is 531 g/mol. The largest absolute Gasteiger partial charge is 0.459 e. The lowest BCUT2D eigenvalue weighted by Gasteiger charge is -2.26. The van der Waals surface area contributed by atoms with Crippen LogP contribution in [-0.2, 0) is 0 Å². The first kappa shape index (κ1) is 22.8. The summed E-state index contributed by atoms with van der Waals surface area (Å²) in [6, 6.07) is 24.6. The summed E-state index contributed by atoms with van der Waals surface area (Å²) in [5.74, 6) is 2.11. The number of nitrogens with zero attached hydrogens (tertiary/aromatic N) is 2. The molecule has 0 saturated carbocycles. The maximum atomic E-state index is 6.49. The fraction of sp³-hybridized carbons (Fsp3) is 0.214. The van der Waals surface area contributed by atoms with E-state index < -0.39 is 0 Å². The van der Waals surface area contributed by atoms with Crippen molar-refractivity contribution in [3.05, 3.63) is 106 Å². The number of nitrogens with one attached hydrogen (secondary N) is 1. The lowest BCUT2D eigenvalue weighted by atomic mass is 10.0. The summed E-state index contributed by atoms with van der Waals surface area (Å²) in [6.07, 6.45) is 1.81. The third kappa shape index (κ3) is 4.28. The van der Waals surface area contributed by atoms with Gasteiger partial charge in [-0.2, -0.15) is 0 Å². The fourth-order valence-electron chi connectivity index (χ4n) is 4.42. The maximum Gasteiger partial charge on any atom is 0.174 e. The number of halogens is 1. The average molecular weight is 533 g/mol. The van der Waals surface area contributed by atoms with Gasteiger partial charge in [-0.15, -0.1) is 0 Å². The molecule has 6 heteroatoms. The van der Waals surface area contributed by atoms with Gasteiger partial charge in [0.25, 0.3) is 0 Å². The van der Waals surface area contributed by atoms with E-state index in [4.69, 9.17) is 16.6 Å². The van der Waals surface area contributed by atoms with E-state index in [-0.39, 0.29) is 12.1 Å². The molecule has 4 aromatic rings. The van der Waals surface area contributed by atoms with Crippen molar-refractivity contribution in [3.8, 4) is 11.3 Å². The summed E-state index contributed by atoms with van der Waals surface area (Å²) in [5.41, 5.74) is 5.46. The Labute approximate surface area is 214 Å². The number of pyridine rings is 1. The molecule has 1 fully saturated rings. The molecule has 1 aliphatic heterocycles. The highest BCUT2D eigenvalue weighted by Gasteiger charge is 2.42. The standard InChI is InChI=1S/C28H26BrN3OS/c1-17(2)19-8-10-20(11-9-19)32-27(26(31-28(32)34)23-6-4-5-15-30-23)25-14-13-24(33-25)21-12-7-18(3)16-22(21)29/h4-17,26-27H,1-3H3,(H,31,34)/t26-,27-/m1/s1. The van der Waals surface area contributed by atoms with Crippen molar-refractivity contribution in [3.63, 3.8) is 0 Å². The number of rotatable bonds is 5. The van der Waals surface area contributed by atoms with Crippen molar-refractivity contribution < 1.29 is 4.42 Å². The Balaban J connectivity index is 1.58. The fourth-order valence-corrected chi connectivity index (χ4v) is 5.45. The predicted octanol–water partition coefficient (Wildman–Crippen LogP) is 7.71. The van der Waals surface area contributed by atoms with Crippen molar-refractivity contribution in [1.82, 2.24) is 10.3 Å². The normalized spacial score (nSPS) is 17.9. The summed E-state index contributed by atoms with van der Waals surface area (Å²) in [6.45, 7) is 6.47. The zero-order chi connectivity index (χ0) is 23.8. The zero-order valence-corrected chi connectivity index (χ0v) is 21.7. The Bertz CT molecular complexity index is 1320. The quantitative estimate of drug-likeness (QED) is 0.267. The molecule has 4 nitrogen and oxygen atoms in total. The molecule has 172 valence electrons. The number of furan rings is 1. The molecule has 0 bridgehead atoms. The van der Waals surface area contributed by atoms with Gasteiger partial charge in [-0.1, -0.05) is 54.0 Å². The molecule has 0 spiro atoms. The molecule has 2 atom stereocenters. The number of thiocarbonyl (C=S) groups is 1. The number of anilines is 1. The van der Waals surface area contributed by atoms with Gasteiger partial charge >= 0.3 is 0 Å². The van der Waals surface area contributed by atoms with Crippen LogP contribution in [0.15, 0.2) is 87.9 Å². The third-order valence-electron chi connectivity index (χ3n) is 6.24. The lowest BCUT2D eigenvalue weighted by molar-refractivity contribution is 0.439. The molecule has 1 N–H and O–H groups in total. The number of hydrogen-bond donors (Lipinski definition) is 1. The van der Waals surface area contributed by atoms with Crippen LogP contribution in [0.2, 0.25) is 0 Å².